The van der Waals surface area contributed by atoms with Gasteiger partial charge in [-0.25, -0.2) is 0 Å². The van der Waals surface area contributed by atoms with E-state index in [1.54, 1.807) is 24.3 Å². The fraction of sp³-hybridized carbons (Fsp3) is 0.125. The van der Waals surface area contributed by atoms with Gasteiger partial charge in [-0.05, 0) is 35.4 Å². The summed E-state index contributed by atoms with van der Waals surface area (Å²) in [5.74, 6) is 0.954. The lowest BCUT2D eigenvalue weighted by Gasteiger charge is -2.13. The minimum Gasteiger partial charge on any atom is -0.493 e. The second-order valence-electron chi connectivity index (χ2n) is 4.66. The number of rotatable bonds is 6. The van der Waals surface area contributed by atoms with Gasteiger partial charge >= 0.3 is 0 Å². The molecule has 24 heavy (non-hydrogen) atoms. The Kier molecular flexibility index (Phi) is 6.48. The number of halogens is 3. The summed E-state index contributed by atoms with van der Waals surface area (Å²) in [6, 6.07) is 8.56. The zero-order valence-corrected chi connectivity index (χ0v) is 15.6. The molecule has 0 aliphatic carbocycles. The van der Waals surface area contributed by atoms with Crippen molar-refractivity contribution in [3.8, 4) is 11.5 Å². The van der Waals surface area contributed by atoms with Crippen molar-refractivity contribution in [3.63, 3.8) is 0 Å². The molecule has 126 valence electrons. The third-order valence-corrected chi connectivity index (χ3v) is 4.46. The molecule has 0 amide bonds. The molecular weight excluding hydrogens is 421 g/mol. The van der Waals surface area contributed by atoms with Crippen LogP contribution in [0.15, 0.2) is 41.0 Å². The monoisotopic (exact) mass is 431 g/mol. The van der Waals surface area contributed by atoms with E-state index >= 15 is 0 Å². The normalized spacial score (nSPS) is 10.8. The third-order valence-electron chi connectivity index (χ3n) is 3.04. The van der Waals surface area contributed by atoms with E-state index in [4.69, 9.17) is 32.7 Å². The van der Waals surface area contributed by atoms with Crippen molar-refractivity contribution in [3.05, 3.63) is 72.3 Å². The standard InChI is InChI=1S/C16H12BrCl2NO4/c1-23-15-7-11(4-5-20(21)22)12(17)8-16(15)24-9-10-2-3-13(18)14(19)6-10/h2-8H,9H2,1H3/b5-4-. The van der Waals surface area contributed by atoms with Gasteiger partial charge in [0.25, 0.3) is 0 Å². The highest BCUT2D eigenvalue weighted by molar-refractivity contribution is 9.10. The zero-order chi connectivity index (χ0) is 17.7. The SMILES string of the molecule is COc1cc(/C=C\[N+](=O)[O-])c(Br)cc1OCc1ccc(Cl)c(Cl)c1. The van der Waals surface area contributed by atoms with Crippen LogP contribution in [0.3, 0.4) is 0 Å². The lowest BCUT2D eigenvalue weighted by Crippen LogP contribution is -1.98. The third kappa shape index (κ3) is 4.87. The van der Waals surface area contributed by atoms with Crippen molar-refractivity contribution in [1.29, 1.82) is 0 Å². The predicted molar refractivity (Wildman–Crippen MR) is 97.5 cm³/mol. The summed E-state index contributed by atoms with van der Waals surface area (Å²) in [6.45, 7) is 0.268. The Morgan fingerprint density at radius 2 is 1.96 bits per heavy atom. The summed E-state index contributed by atoms with van der Waals surface area (Å²) in [5, 5.41) is 11.4. The average molecular weight is 433 g/mol. The van der Waals surface area contributed by atoms with Crippen LogP contribution in [0.5, 0.6) is 11.5 Å². The molecule has 0 aliphatic rings. The van der Waals surface area contributed by atoms with Crippen molar-refractivity contribution in [2.24, 2.45) is 0 Å². The number of ether oxygens (including phenoxy) is 2. The number of nitro groups is 1. The van der Waals surface area contributed by atoms with E-state index in [1.807, 2.05) is 6.07 Å². The molecule has 2 rings (SSSR count). The van der Waals surface area contributed by atoms with Crippen LogP contribution in [-0.2, 0) is 6.61 Å². The molecule has 0 heterocycles. The molecule has 2 aromatic rings. The molecule has 0 saturated carbocycles. The number of hydrogen-bond donors (Lipinski definition) is 0. The first-order chi connectivity index (χ1) is 11.4. The molecule has 0 saturated heterocycles. The second-order valence-corrected chi connectivity index (χ2v) is 6.33. The average Bonchev–Trinajstić information content (AvgIpc) is 2.54. The molecule has 0 aliphatic heterocycles. The van der Waals surface area contributed by atoms with E-state index < -0.39 is 4.92 Å². The number of methoxy groups -OCH3 is 1. The maximum Gasteiger partial charge on any atom is 0.235 e. The van der Waals surface area contributed by atoms with Crippen LogP contribution in [0, 0.1) is 10.1 Å². The Hall–Kier alpha value is -1.76. The van der Waals surface area contributed by atoms with Gasteiger partial charge in [-0.2, -0.15) is 0 Å². The van der Waals surface area contributed by atoms with Gasteiger partial charge in [0.2, 0.25) is 6.20 Å². The van der Waals surface area contributed by atoms with Crippen molar-refractivity contribution in [2.45, 2.75) is 6.61 Å². The highest BCUT2D eigenvalue weighted by Gasteiger charge is 2.10. The first kappa shape index (κ1) is 18.6. The summed E-state index contributed by atoms with van der Waals surface area (Å²) < 4.78 is 11.7. The molecule has 0 radical (unpaired) electrons. The molecule has 5 nitrogen and oxygen atoms in total. The minimum absolute atomic E-state index is 0.268. The van der Waals surface area contributed by atoms with E-state index in [-0.39, 0.29) is 6.61 Å². The molecule has 0 spiro atoms. The Morgan fingerprint density at radius 3 is 2.58 bits per heavy atom. The zero-order valence-electron chi connectivity index (χ0n) is 12.5. The van der Waals surface area contributed by atoms with Gasteiger partial charge in [0, 0.05) is 10.5 Å². The maximum absolute atomic E-state index is 10.4. The van der Waals surface area contributed by atoms with Crippen LogP contribution in [0.1, 0.15) is 11.1 Å². The molecule has 0 N–H and O–H groups in total. The van der Waals surface area contributed by atoms with Crippen LogP contribution >= 0.6 is 39.1 Å². The second kappa shape index (κ2) is 8.37. The van der Waals surface area contributed by atoms with Crippen LogP contribution in [0.2, 0.25) is 10.0 Å². The first-order valence-electron chi connectivity index (χ1n) is 6.66. The maximum atomic E-state index is 10.4. The fourth-order valence-corrected chi connectivity index (χ4v) is 2.66. The largest absolute Gasteiger partial charge is 0.493 e. The Bertz CT molecular complexity index is 796. The Balaban J connectivity index is 2.21. The molecule has 0 bridgehead atoms. The molecular formula is C16H12BrCl2NO4. The molecule has 0 unspecified atom stereocenters. The number of benzene rings is 2. The lowest BCUT2D eigenvalue weighted by molar-refractivity contribution is -0.400. The molecule has 8 heteroatoms. The quantitative estimate of drug-likeness (QED) is 0.440. The summed E-state index contributed by atoms with van der Waals surface area (Å²) in [4.78, 5) is 9.91. The first-order valence-corrected chi connectivity index (χ1v) is 8.21. The van der Waals surface area contributed by atoms with Gasteiger partial charge in [0.15, 0.2) is 11.5 Å². The van der Waals surface area contributed by atoms with E-state index in [9.17, 15) is 10.1 Å². The Labute approximate surface area is 157 Å². The van der Waals surface area contributed by atoms with Crippen molar-refractivity contribution in [1.82, 2.24) is 0 Å². The van der Waals surface area contributed by atoms with Gasteiger partial charge in [-0.3, -0.25) is 10.1 Å². The van der Waals surface area contributed by atoms with E-state index in [1.165, 1.54) is 13.2 Å². The molecule has 2 aromatic carbocycles. The number of hydrogen-bond acceptors (Lipinski definition) is 4. The highest BCUT2D eigenvalue weighted by atomic mass is 79.9. The van der Waals surface area contributed by atoms with Crippen LogP contribution < -0.4 is 9.47 Å². The van der Waals surface area contributed by atoms with E-state index in [0.717, 1.165) is 11.8 Å². The smallest absolute Gasteiger partial charge is 0.235 e. The van der Waals surface area contributed by atoms with Gasteiger partial charge in [0.1, 0.15) is 6.61 Å². The highest BCUT2D eigenvalue weighted by Crippen LogP contribution is 2.35. The summed E-state index contributed by atoms with van der Waals surface area (Å²) in [6.07, 6.45) is 2.23. The van der Waals surface area contributed by atoms with E-state index in [0.29, 0.717) is 31.6 Å². The van der Waals surface area contributed by atoms with Crippen LogP contribution in [-0.4, -0.2) is 12.0 Å². The topological polar surface area (TPSA) is 61.6 Å². The van der Waals surface area contributed by atoms with Gasteiger partial charge in [0.05, 0.1) is 22.1 Å². The Morgan fingerprint density at radius 1 is 1.21 bits per heavy atom. The van der Waals surface area contributed by atoms with Gasteiger partial charge in [-0.15, -0.1) is 0 Å². The van der Waals surface area contributed by atoms with Crippen molar-refractivity contribution >= 4 is 45.2 Å². The van der Waals surface area contributed by atoms with Gasteiger partial charge in [-0.1, -0.05) is 45.2 Å². The van der Waals surface area contributed by atoms with Crippen LogP contribution in [0.4, 0.5) is 0 Å². The summed E-state index contributed by atoms with van der Waals surface area (Å²) in [5.41, 5.74) is 1.45. The van der Waals surface area contributed by atoms with Crippen molar-refractivity contribution < 1.29 is 14.4 Å². The fourth-order valence-electron chi connectivity index (χ4n) is 1.88. The summed E-state index contributed by atoms with van der Waals surface area (Å²) >= 11 is 15.2. The van der Waals surface area contributed by atoms with Gasteiger partial charge < -0.3 is 9.47 Å². The molecule has 0 atom stereocenters. The van der Waals surface area contributed by atoms with E-state index in [2.05, 4.69) is 15.9 Å². The number of nitrogens with zero attached hydrogens (tertiary/aromatic N) is 1. The predicted octanol–water partition coefficient (Wildman–Crippen LogP) is 5.59. The molecule has 0 aromatic heterocycles. The molecule has 0 fully saturated rings. The minimum atomic E-state index is -0.534. The van der Waals surface area contributed by atoms with Crippen molar-refractivity contribution in [2.75, 3.05) is 7.11 Å². The summed E-state index contributed by atoms with van der Waals surface area (Å²) in [7, 11) is 1.50. The van der Waals surface area contributed by atoms with Crippen LogP contribution in [0.25, 0.3) is 6.08 Å². The lowest BCUT2D eigenvalue weighted by atomic mass is 10.2.